The first-order valence-electron chi connectivity index (χ1n) is 29.4. The van der Waals surface area contributed by atoms with Crippen LogP contribution in [0.4, 0.5) is 0 Å². The summed E-state index contributed by atoms with van der Waals surface area (Å²) in [7, 11) is 1.15. The van der Waals surface area contributed by atoms with Gasteiger partial charge in [0.05, 0.1) is 33.8 Å². The Bertz CT molecular complexity index is 1510. The van der Waals surface area contributed by atoms with Gasteiger partial charge in [0.2, 0.25) is 5.91 Å². The molecule has 0 bridgehead atoms. The molecule has 0 spiro atoms. The molecule has 1 amide bonds. The van der Waals surface area contributed by atoms with Gasteiger partial charge in [0.15, 0.2) is 0 Å². The van der Waals surface area contributed by atoms with Crippen LogP contribution in [0.1, 0.15) is 245 Å². The van der Waals surface area contributed by atoms with E-state index in [0.29, 0.717) is 23.9 Å². The van der Waals surface area contributed by atoms with Gasteiger partial charge in [-0.3, -0.25) is 14.2 Å². The highest BCUT2D eigenvalue weighted by Gasteiger charge is 2.27. The fraction of sp³-hybridized carbons (Fsp3) is 0.742. The molecule has 3 unspecified atom stereocenters. The largest absolute Gasteiger partial charge is 0.756 e. The molecule has 72 heavy (non-hydrogen) atoms. The van der Waals surface area contributed by atoms with Gasteiger partial charge in [0.25, 0.3) is 7.82 Å². The quantitative estimate of drug-likeness (QED) is 0.0212. The zero-order valence-electron chi connectivity index (χ0n) is 47.4. The second-order valence-corrected chi connectivity index (χ2v) is 22.2. The average Bonchev–Trinajstić information content (AvgIpc) is 3.34. The van der Waals surface area contributed by atoms with Crippen molar-refractivity contribution in [2.75, 3.05) is 40.9 Å². The second kappa shape index (κ2) is 51.7. The highest BCUT2D eigenvalue weighted by atomic mass is 31.2. The van der Waals surface area contributed by atoms with Crippen LogP contribution in [0, 0.1) is 0 Å². The number of rotatable bonds is 52. The number of phosphoric acid groups is 1. The van der Waals surface area contributed by atoms with Crippen molar-refractivity contribution in [1.82, 2.24) is 5.32 Å². The Labute approximate surface area is 444 Å². The van der Waals surface area contributed by atoms with Gasteiger partial charge in [-0.05, 0) is 102 Å². The number of ether oxygens (including phenoxy) is 1. The van der Waals surface area contributed by atoms with E-state index in [-0.39, 0.29) is 24.9 Å². The molecule has 10 heteroatoms. The summed E-state index contributed by atoms with van der Waals surface area (Å²) in [6.45, 7) is 6.67. The van der Waals surface area contributed by atoms with Gasteiger partial charge in [-0.15, -0.1) is 0 Å². The van der Waals surface area contributed by atoms with Crippen molar-refractivity contribution in [2.24, 2.45) is 0 Å². The highest BCUT2D eigenvalue weighted by Crippen LogP contribution is 2.38. The SMILES string of the molecule is CC/C=C/C/C=C/C/C=C/CCCCCCC(=O)OC(/C=C\CCCCCCCCCCCCC)C(COP(=O)([O-])OCC[N+](C)(C)C)NC(=O)CCCCCCCC/C=C\C/C=C\C/C=C\CCCCC. The molecule has 3 atom stereocenters. The Balaban J connectivity index is 5.39. The molecule has 0 aliphatic heterocycles. The molecule has 9 nitrogen and oxygen atoms in total. The van der Waals surface area contributed by atoms with E-state index in [1.165, 1.54) is 83.5 Å². The normalized spacial score (nSPS) is 14.4. The Morgan fingerprint density at radius 3 is 1.36 bits per heavy atom. The first kappa shape index (κ1) is 69.2. The van der Waals surface area contributed by atoms with Crippen molar-refractivity contribution in [3.05, 3.63) is 85.1 Å². The Kier molecular flexibility index (Phi) is 49.6. The van der Waals surface area contributed by atoms with Crippen molar-refractivity contribution < 1.29 is 37.3 Å². The predicted molar refractivity (Wildman–Crippen MR) is 307 cm³/mol. The van der Waals surface area contributed by atoms with E-state index >= 15 is 0 Å². The third-order valence-corrected chi connectivity index (χ3v) is 13.5. The van der Waals surface area contributed by atoms with E-state index in [0.717, 1.165) is 122 Å². The molecule has 0 fully saturated rings. The van der Waals surface area contributed by atoms with Crippen molar-refractivity contribution in [1.29, 1.82) is 0 Å². The Morgan fingerprint density at radius 1 is 0.500 bits per heavy atom. The number of carbonyl (C=O) groups excluding carboxylic acids is 2. The van der Waals surface area contributed by atoms with Gasteiger partial charge >= 0.3 is 5.97 Å². The summed E-state index contributed by atoms with van der Waals surface area (Å²) in [5, 5.41) is 3.01. The maximum Gasteiger partial charge on any atom is 0.306 e. The number of unbranched alkanes of at least 4 members (excludes halogenated alkanes) is 24. The van der Waals surface area contributed by atoms with Crippen molar-refractivity contribution in [2.45, 2.75) is 258 Å². The zero-order chi connectivity index (χ0) is 52.9. The minimum atomic E-state index is -4.71. The number of carbonyl (C=O) groups is 2. The number of phosphoric ester groups is 1. The number of hydrogen-bond acceptors (Lipinski definition) is 7. The summed E-state index contributed by atoms with van der Waals surface area (Å²) in [6.07, 6.45) is 66.8. The van der Waals surface area contributed by atoms with Gasteiger partial charge in [0.1, 0.15) is 19.3 Å². The Hall–Kier alpha value is -2.81. The van der Waals surface area contributed by atoms with Gasteiger partial charge < -0.3 is 28.5 Å². The molecule has 0 aromatic rings. The van der Waals surface area contributed by atoms with Crippen LogP contribution in [-0.4, -0.2) is 69.4 Å². The van der Waals surface area contributed by atoms with E-state index in [1.807, 2.05) is 33.3 Å². The summed E-state index contributed by atoms with van der Waals surface area (Å²) in [5.74, 6) is -0.584. The highest BCUT2D eigenvalue weighted by molar-refractivity contribution is 7.45. The van der Waals surface area contributed by atoms with E-state index in [2.05, 4.69) is 99.0 Å². The third kappa shape index (κ3) is 52.1. The second-order valence-electron chi connectivity index (χ2n) is 20.8. The molecule has 0 rings (SSSR count). The van der Waals surface area contributed by atoms with E-state index in [4.69, 9.17) is 13.8 Å². The lowest BCUT2D eigenvalue weighted by Gasteiger charge is -2.30. The van der Waals surface area contributed by atoms with Crippen LogP contribution in [0.25, 0.3) is 0 Å². The molecule has 0 aromatic carbocycles. The summed E-state index contributed by atoms with van der Waals surface area (Å²) in [4.78, 5) is 39.9. The topological polar surface area (TPSA) is 114 Å². The number of nitrogens with one attached hydrogen (secondary N) is 1. The lowest BCUT2D eigenvalue weighted by atomic mass is 10.0. The van der Waals surface area contributed by atoms with Crippen molar-refractivity contribution in [3.8, 4) is 0 Å². The maximum absolute atomic E-state index is 13.5. The molecule has 0 aliphatic rings. The first-order chi connectivity index (χ1) is 34.9. The van der Waals surface area contributed by atoms with Gasteiger partial charge in [0, 0.05) is 12.8 Å². The molecular formula is C62H111N2O7P. The number of likely N-dealkylation sites (N-methyl/N-ethyl adjacent to an activating group) is 1. The van der Waals surface area contributed by atoms with Gasteiger partial charge in [-0.25, -0.2) is 0 Å². The standard InChI is InChI=1S/C62H111N2O7P/c1-7-10-13-16-19-22-25-28-30-31-32-33-34-36-39-42-45-48-51-54-61(65)63-59(58-70-72(67,68)69-57-56-64(4,5)6)60(53-50-47-44-41-38-35-27-24-21-18-15-12-9-3)71-62(66)55-52-49-46-43-40-37-29-26-23-20-17-14-11-8-2/h11,14,19-20,22-23,28-30,32-33,37,50,53,59-60H,7-10,12-13,15-18,21,24-27,31,34-36,38-49,51-52,54-58H2,1-6H3,(H-,63,65,67,68)/b14-11+,22-19-,23-20+,30-28-,33-32-,37-29+,53-50-. The van der Waals surface area contributed by atoms with Crippen molar-refractivity contribution >= 4 is 19.7 Å². The first-order valence-corrected chi connectivity index (χ1v) is 30.9. The van der Waals surface area contributed by atoms with Crippen LogP contribution in [0.5, 0.6) is 0 Å². The van der Waals surface area contributed by atoms with Gasteiger partial charge in [-0.2, -0.15) is 0 Å². The molecule has 0 aromatic heterocycles. The van der Waals surface area contributed by atoms with Crippen LogP contribution < -0.4 is 10.2 Å². The number of nitrogens with zero attached hydrogens (tertiary/aromatic N) is 1. The molecule has 0 radical (unpaired) electrons. The van der Waals surface area contributed by atoms with Crippen molar-refractivity contribution in [3.63, 3.8) is 0 Å². The van der Waals surface area contributed by atoms with Crippen LogP contribution in [-0.2, 0) is 27.9 Å². The Morgan fingerprint density at radius 2 is 0.889 bits per heavy atom. The molecule has 0 saturated carbocycles. The smallest absolute Gasteiger partial charge is 0.306 e. The monoisotopic (exact) mass is 1030 g/mol. The molecule has 0 heterocycles. The minimum absolute atomic E-state index is 0.0325. The number of esters is 1. The lowest BCUT2D eigenvalue weighted by Crippen LogP contribution is -2.47. The number of quaternary nitrogens is 1. The van der Waals surface area contributed by atoms with Crippen LogP contribution >= 0.6 is 7.82 Å². The zero-order valence-corrected chi connectivity index (χ0v) is 48.3. The molecule has 0 saturated heterocycles. The number of allylic oxidation sites excluding steroid dienone is 13. The maximum atomic E-state index is 13.5. The fourth-order valence-electron chi connectivity index (χ4n) is 8.01. The summed E-state index contributed by atoms with van der Waals surface area (Å²) >= 11 is 0. The third-order valence-electron chi connectivity index (χ3n) is 12.6. The predicted octanol–water partition coefficient (Wildman–Crippen LogP) is 17.2. The molecule has 416 valence electrons. The fourth-order valence-corrected chi connectivity index (χ4v) is 8.74. The van der Waals surface area contributed by atoms with Gasteiger partial charge in [-0.1, -0.05) is 215 Å². The van der Waals surface area contributed by atoms with Crippen LogP contribution in [0.15, 0.2) is 85.1 Å². The van der Waals surface area contributed by atoms with Crippen LogP contribution in [0.2, 0.25) is 0 Å². The summed E-state index contributed by atoms with van der Waals surface area (Å²) in [5.41, 5.74) is 0. The molecular weight excluding hydrogens is 916 g/mol. The number of hydrogen-bond donors (Lipinski definition) is 1. The van der Waals surface area contributed by atoms with Crippen LogP contribution in [0.3, 0.4) is 0 Å². The number of amides is 1. The molecule has 0 aliphatic carbocycles. The molecule has 1 N–H and O–H groups in total. The summed E-state index contributed by atoms with van der Waals surface area (Å²) < 4.78 is 30.2. The van der Waals surface area contributed by atoms with E-state index < -0.39 is 26.6 Å². The lowest BCUT2D eigenvalue weighted by molar-refractivity contribution is -0.870. The van der Waals surface area contributed by atoms with E-state index in [1.54, 1.807) is 0 Å². The van der Waals surface area contributed by atoms with E-state index in [9.17, 15) is 19.0 Å². The summed E-state index contributed by atoms with van der Waals surface area (Å²) in [6, 6.07) is -0.908. The minimum Gasteiger partial charge on any atom is -0.756 e. The average molecular weight is 1030 g/mol.